The minimum absolute atomic E-state index is 0.446. The predicted octanol–water partition coefficient (Wildman–Crippen LogP) is 3.12. The van der Waals surface area contributed by atoms with Gasteiger partial charge in [-0.1, -0.05) is 32.3 Å². The van der Waals surface area contributed by atoms with Crippen LogP contribution in [0.2, 0.25) is 0 Å². The molecule has 0 aliphatic rings. The number of hydrogen-bond donors (Lipinski definition) is 1. The molecule has 0 fully saturated rings. The second-order valence-electron chi connectivity index (χ2n) is 3.59. The van der Waals surface area contributed by atoms with Gasteiger partial charge in [0.2, 0.25) is 0 Å². The van der Waals surface area contributed by atoms with Gasteiger partial charge in [0.15, 0.2) is 0 Å². The highest BCUT2D eigenvalue weighted by molar-refractivity contribution is 4.83. The SMILES string of the molecule is C=CC(C)NC(C)CCCCC. The Labute approximate surface area is 77.2 Å². The van der Waals surface area contributed by atoms with Crippen molar-refractivity contribution in [3.05, 3.63) is 12.7 Å². The summed E-state index contributed by atoms with van der Waals surface area (Å²) in [6, 6.07) is 1.08. The molecule has 0 aromatic heterocycles. The predicted molar refractivity (Wildman–Crippen MR) is 56.4 cm³/mol. The van der Waals surface area contributed by atoms with Gasteiger partial charge in [-0.05, 0) is 20.3 Å². The van der Waals surface area contributed by atoms with Gasteiger partial charge < -0.3 is 5.32 Å². The van der Waals surface area contributed by atoms with E-state index in [0.717, 1.165) is 0 Å². The van der Waals surface area contributed by atoms with Crippen molar-refractivity contribution in [1.29, 1.82) is 0 Å². The lowest BCUT2D eigenvalue weighted by atomic mass is 10.1. The number of nitrogens with one attached hydrogen (secondary N) is 1. The molecule has 2 atom stereocenters. The van der Waals surface area contributed by atoms with Crippen LogP contribution in [0.1, 0.15) is 46.5 Å². The summed E-state index contributed by atoms with van der Waals surface area (Å²) < 4.78 is 0. The van der Waals surface area contributed by atoms with Gasteiger partial charge in [-0.15, -0.1) is 6.58 Å². The van der Waals surface area contributed by atoms with Gasteiger partial charge in [-0.25, -0.2) is 0 Å². The first-order chi connectivity index (χ1) is 5.70. The topological polar surface area (TPSA) is 12.0 Å². The van der Waals surface area contributed by atoms with E-state index in [4.69, 9.17) is 0 Å². The average Bonchev–Trinajstić information content (AvgIpc) is 2.05. The van der Waals surface area contributed by atoms with Crippen LogP contribution in [0.3, 0.4) is 0 Å². The third-order valence-electron chi connectivity index (χ3n) is 2.14. The van der Waals surface area contributed by atoms with E-state index in [9.17, 15) is 0 Å². The van der Waals surface area contributed by atoms with Gasteiger partial charge in [0.1, 0.15) is 0 Å². The molecule has 0 heterocycles. The zero-order valence-electron chi connectivity index (χ0n) is 8.77. The monoisotopic (exact) mass is 169 g/mol. The summed E-state index contributed by atoms with van der Waals surface area (Å²) in [7, 11) is 0. The Morgan fingerprint density at radius 2 is 2.00 bits per heavy atom. The van der Waals surface area contributed by atoms with Crippen molar-refractivity contribution in [2.45, 2.75) is 58.5 Å². The molecule has 0 radical (unpaired) electrons. The van der Waals surface area contributed by atoms with Crippen molar-refractivity contribution in [2.75, 3.05) is 0 Å². The van der Waals surface area contributed by atoms with Crippen LogP contribution < -0.4 is 5.32 Å². The molecule has 0 amide bonds. The van der Waals surface area contributed by atoms with Gasteiger partial charge in [-0.3, -0.25) is 0 Å². The summed E-state index contributed by atoms with van der Waals surface area (Å²) in [6.45, 7) is 10.4. The lowest BCUT2D eigenvalue weighted by Crippen LogP contribution is -2.32. The van der Waals surface area contributed by atoms with Crippen molar-refractivity contribution < 1.29 is 0 Å². The van der Waals surface area contributed by atoms with E-state index in [1.165, 1.54) is 25.7 Å². The Hall–Kier alpha value is -0.300. The third kappa shape index (κ3) is 6.41. The van der Waals surface area contributed by atoms with Gasteiger partial charge >= 0.3 is 0 Å². The van der Waals surface area contributed by atoms with Crippen molar-refractivity contribution >= 4 is 0 Å². The maximum absolute atomic E-state index is 3.75. The van der Waals surface area contributed by atoms with Crippen molar-refractivity contribution in [1.82, 2.24) is 5.32 Å². The van der Waals surface area contributed by atoms with Crippen LogP contribution in [-0.2, 0) is 0 Å². The molecule has 12 heavy (non-hydrogen) atoms. The van der Waals surface area contributed by atoms with E-state index in [0.29, 0.717) is 12.1 Å². The van der Waals surface area contributed by atoms with Crippen molar-refractivity contribution in [3.63, 3.8) is 0 Å². The maximum atomic E-state index is 3.75. The van der Waals surface area contributed by atoms with E-state index in [1.807, 2.05) is 6.08 Å². The molecule has 1 N–H and O–H groups in total. The van der Waals surface area contributed by atoms with Crippen LogP contribution in [0, 0.1) is 0 Å². The molecule has 0 saturated carbocycles. The molecule has 0 bridgehead atoms. The molecular weight excluding hydrogens is 146 g/mol. The summed E-state index contributed by atoms with van der Waals surface area (Å²) >= 11 is 0. The number of rotatable bonds is 7. The normalized spacial score (nSPS) is 15.6. The van der Waals surface area contributed by atoms with Crippen molar-refractivity contribution in [2.24, 2.45) is 0 Å². The van der Waals surface area contributed by atoms with Crippen LogP contribution in [-0.4, -0.2) is 12.1 Å². The third-order valence-corrected chi connectivity index (χ3v) is 2.14. The van der Waals surface area contributed by atoms with E-state index in [2.05, 4.69) is 32.7 Å². The molecule has 0 rings (SSSR count). The number of hydrogen-bond acceptors (Lipinski definition) is 1. The molecular formula is C11H23N. The zero-order valence-corrected chi connectivity index (χ0v) is 8.77. The molecule has 0 spiro atoms. The summed E-state index contributed by atoms with van der Waals surface area (Å²) in [4.78, 5) is 0. The van der Waals surface area contributed by atoms with Crippen LogP contribution in [0.4, 0.5) is 0 Å². The van der Waals surface area contributed by atoms with Crippen LogP contribution in [0.25, 0.3) is 0 Å². The lowest BCUT2D eigenvalue weighted by Gasteiger charge is -2.16. The second-order valence-corrected chi connectivity index (χ2v) is 3.59. The van der Waals surface area contributed by atoms with Gasteiger partial charge in [-0.2, -0.15) is 0 Å². The minimum Gasteiger partial charge on any atom is -0.308 e. The van der Waals surface area contributed by atoms with Gasteiger partial charge in [0, 0.05) is 12.1 Å². The Bertz CT molecular complexity index is 110. The molecule has 2 unspecified atom stereocenters. The molecule has 0 aliphatic carbocycles. The highest BCUT2D eigenvalue weighted by atomic mass is 14.9. The van der Waals surface area contributed by atoms with E-state index < -0.39 is 0 Å². The summed E-state index contributed by atoms with van der Waals surface area (Å²) in [5.41, 5.74) is 0. The standard InChI is InChI=1S/C11H23N/c1-5-7-8-9-11(4)12-10(3)6-2/h6,10-12H,2,5,7-9H2,1,3-4H3. The Balaban J connectivity index is 3.32. The molecule has 1 nitrogen and oxygen atoms in total. The van der Waals surface area contributed by atoms with E-state index >= 15 is 0 Å². The molecule has 0 saturated heterocycles. The Kier molecular flexibility index (Phi) is 7.17. The molecule has 0 aromatic rings. The highest BCUT2D eigenvalue weighted by Crippen LogP contribution is 2.03. The Morgan fingerprint density at radius 1 is 1.33 bits per heavy atom. The largest absolute Gasteiger partial charge is 0.308 e. The fourth-order valence-corrected chi connectivity index (χ4v) is 1.30. The quantitative estimate of drug-likeness (QED) is 0.456. The molecule has 72 valence electrons. The lowest BCUT2D eigenvalue weighted by molar-refractivity contribution is 0.467. The van der Waals surface area contributed by atoms with Crippen LogP contribution in [0.15, 0.2) is 12.7 Å². The fraction of sp³-hybridized carbons (Fsp3) is 0.818. The first-order valence-corrected chi connectivity index (χ1v) is 5.09. The minimum atomic E-state index is 0.446. The summed E-state index contributed by atoms with van der Waals surface area (Å²) in [6.07, 6.45) is 7.25. The summed E-state index contributed by atoms with van der Waals surface area (Å²) in [5, 5.41) is 3.47. The van der Waals surface area contributed by atoms with Crippen LogP contribution >= 0.6 is 0 Å². The van der Waals surface area contributed by atoms with E-state index in [1.54, 1.807) is 0 Å². The first-order valence-electron chi connectivity index (χ1n) is 5.09. The molecule has 1 heteroatoms. The van der Waals surface area contributed by atoms with Crippen molar-refractivity contribution in [3.8, 4) is 0 Å². The fourth-order valence-electron chi connectivity index (χ4n) is 1.30. The number of unbranched alkanes of at least 4 members (excludes halogenated alkanes) is 2. The molecule has 0 aromatic carbocycles. The van der Waals surface area contributed by atoms with Gasteiger partial charge in [0.25, 0.3) is 0 Å². The molecule has 0 aliphatic heterocycles. The maximum Gasteiger partial charge on any atom is 0.0221 e. The average molecular weight is 169 g/mol. The summed E-state index contributed by atoms with van der Waals surface area (Å²) in [5.74, 6) is 0. The first kappa shape index (κ1) is 11.7. The smallest absolute Gasteiger partial charge is 0.0221 e. The highest BCUT2D eigenvalue weighted by Gasteiger charge is 2.02. The second kappa shape index (κ2) is 7.35. The van der Waals surface area contributed by atoms with E-state index in [-0.39, 0.29) is 0 Å². The Morgan fingerprint density at radius 3 is 2.50 bits per heavy atom. The van der Waals surface area contributed by atoms with Gasteiger partial charge in [0.05, 0.1) is 0 Å². The van der Waals surface area contributed by atoms with Crippen LogP contribution in [0.5, 0.6) is 0 Å². The zero-order chi connectivity index (χ0) is 9.40.